The standard InChI is InChI=1S/C20H33NO3S/c1-14(2)19(13-22)21-25(24,18-9-7-16(5)8-10-18)12-11-17(6)20(23)15(3)4/h7-12,14-15,17,19-20,22-23H,13H2,1-6H3/b12-11+/t17-,19-,20+,25?/m1/s1. The number of nitrogens with zero attached hydrogens (tertiary/aromatic N) is 1. The van der Waals surface area contributed by atoms with Gasteiger partial charge in [0.25, 0.3) is 0 Å². The monoisotopic (exact) mass is 367 g/mol. The lowest BCUT2D eigenvalue weighted by Gasteiger charge is -2.20. The highest BCUT2D eigenvalue weighted by Crippen LogP contribution is 2.22. The predicted octanol–water partition coefficient (Wildman–Crippen LogP) is 4.01. The predicted molar refractivity (Wildman–Crippen MR) is 105 cm³/mol. The molecule has 1 aromatic carbocycles. The third-order valence-electron chi connectivity index (χ3n) is 4.40. The molecule has 0 spiro atoms. The van der Waals surface area contributed by atoms with Gasteiger partial charge in [0.1, 0.15) is 0 Å². The third kappa shape index (κ3) is 6.24. The van der Waals surface area contributed by atoms with Crippen LogP contribution in [0.5, 0.6) is 0 Å². The van der Waals surface area contributed by atoms with E-state index in [4.69, 9.17) is 0 Å². The van der Waals surface area contributed by atoms with E-state index in [1.807, 2.05) is 65.8 Å². The Hall–Kier alpha value is -1.17. The van der Waals surface area contributed by atoms with Gasteiger partial charge in [-0.25, -0.2) is 8.57 Å². The summed E-state index contributed by atoms with van der Waals surface area (Å²) >= 11 is 0. The first kappa shape index (κ1) is 21.9. The van der Waals surface area contributed by atoms with Gasteiger partial charge in [-0.15, -0.1) is 0 Å². The first-order chi connectivity index (χ1) is 11.6. The molecule has 0 saturated heterocycles. The van der Waals surface area contributed by atoms with Crippen molar-refractivity contribution < 1.29 is 14.4 Å². The van der Waals surface area contributed by atoms with Gasteiger partial charge in [-0.3, -0.25) is 0 Å². The molecule has 1 rings (SSSR count). The van der Waals surface area contributed by atoms with E-state index >= 15 is 0 Å². The Morgan fingerprint density at radius 3 is 2.08 bits per heavy atom. The molecule has 0 aliphatic carbocycles. The quantitative estimate of drug-likeness (QED) is 0.729. The van der Waals surface area contributed by atoms with Gasteiger partial charge in [0.05, 0.1) is 33.4 Å². The average Bonchev–Trinajstić information content (AvgIpc) is 2.57. The van der Waals surface area contributed by atoms with Crippen molar-refractivity contribution in [2.45, 2.75) is 58.6 Å². The Bertz CT molecular complexity index is 671. The van der Waals surface area contributed by atoms with Crippen molar-refractivity contribution >= 4 is 9.73 Å². The number of hydrogen-bond donors (Lipinski definition) is 2. The molecule has 0 amide bonds. The molecule has 0 bridgehead atoms. The van der Waals surface area contributed by atoms with Crippen molar-refractivity contribution in [2.24, 2.45) is 22.1 Å². The minimum Gasteiger partial charge on any atom is -0.394 e. The van der Waals surface area contributed by atoms with E-state index in [1.165, 1.54) is 0 Å². The summed E-state index contributed by atoms with van der Waals surface area (Å²) in [6.45, 7) is 11.6. The Morgan fingerprint density at radius 2 is 1.64 bits per heavy atom. The van der Waals surface area contributed by atoms with E-state index in [-0.39, 0.29) is 24.4 Å². The first-order valence-electron chi connectivity index (χ1n) is 8.90. The Kier molecular flexibility index (Phi) is 8.32. The van der Waals surface area contributed by atoms with Crippen LogP contribution in [-0.2, 0) is 9.73 Å². The van der Waals surface area contributed by atoms with E-state index in [2.05, 4.69) is 4.36 Å². The Balaban J connectivity index is 3.36. The number of aliphatic hydroxyl groups is 2. The normalized spacial score (nSPS) is 18.3. The summed E-state index contributed by atoms with van der Waals surface area (Å²) in [5.41, 5.74) is 1.08. The summed E-state index contributed by atoms with van der Waals surface area (Å²) in [6, 6.07) is 7.07. The maximum atomic E-state index is 13.6. The van der Waals surface area contributed by atoms with Crippen LogP contribution in [0, 0.1) is 24.7 Å². The fourth-order valence-electron chi connectivity index (χ4n) is 2.43. The highest BCUT2D eigenvalue weighted by Gasteiger charge is 2.19. The number of hydrogen-bond acceptors (Lipinski definition) is 4. The molecule has 0 fully saturated rings. The van der Waals surface area contributed by atoms with Gasteiger partial charge >= 0.3 is 0 Å². The smallest absolute Gasteiger partial charge is 0.0969 e. The van der Waals surface area contributed by atoms with E-state index in [1.54, 1.807) is 11.5 Å². The number of aryl methyl sites for hydroxylation is 1. The van der Waals surface area contributed by atoms with Crippen LogP contribution in [0.4, 0.5) is 0 Å². The molecule has 4 atom stereocenters. The highest BCUT2D eigenvalue weighted by atomic mass is 32.2. The Labute approximate surface area is 153 Å². The maximum Gasteiger partial charge on any atom is 0.0969 e. The molecular formula is C20H33NO3S. The summed E-state index contributed by atoms with van der Waals surface area (Å²) in [6.07, 6.45) is 1.28. The van der Waals surface area contributed by atoms with Crippen LogP contribution in [0.15, 0.2) is 45.0 Å². The summed E-state index contributed by atoms with van der Waals surface area (Å²) in [5.74, 6) is 0.0734. The van der Waals surface area contributed by atoms with Gasteiger partial charge in [0.15, 0.2) is 0 Å². The van der Waals surface area contributed by atoms with Crippen LogP contribution in [0.3, 0.4) is 0 Å². The summed E-state index contributed by atoms with van der Waals surface area (Å²) in [4.78, 5) is 0.625. The molecule has 142 valence electrons. The molecule has 1 unspecified atom stereocenters. The summed E-state index contributed by atoms with van der Waals surface area (Å²) in [5, 5.41) is 21.4. The minimum atomic E-state index is -2.82. The first-order valence-corrected chi connectivity index (χ1v) is 10.5. The molecule has 4 nitrogen and oxygen atoms in total. The van der Waals surface area contributed by atoms with Gasteiger partial charge in [0, 0.05) is 11.3 Å². The topological polar surface area (TPSA) is 69.9 Å². The fraction of sp³-hybridized carbons (Fsp3) is 0.600. The molecule has 0 aliphatic rings. The molecule has 0 heterocycles. The Morgan fingerprint density at radius 1 is 1.08 bits per heavy atom. The molecule has 1 aromatic rings. The van der Waals surface area contributed by atoms with Crippen LogP contribution in [0.2, 0.25) is 0 Å². The van der Waals surface area contributed by atoms with E-state index < -0.39 is 21.9 Å². The lowest BCUT2D eigenvalue weighted by atomic mass is 9.95. The van der Waals surface area contributed by atoms with Crippen molar-refractivity contribution in [3.8, 4) is 0 Å². The fourth-order valence-corrected chi connectivity index (χ4v) is 4.47. The van der Waals surface area contributed by atoms with Crippen molar-refractivity contribution in [3.05, 3.63) is 41.3 Å². The van der Waals surface area contributed by atoms with Crippen LogP contribution in [-0.4, -0.2) is 33.2 Å². The van der Waals surface area contributed by atoms with Gasteiger partial charge in [0.2, 0.25) is 0 Å². The zero-order valence-corrected chi connectivity index (χ0v) is 17.0. The largest absolute Gasteiger partial charge is 0.394 e. The van der Waals surface area contributed by atoms with Gasteiger partial charge in [-0.1, -0.05) is 58.4 Å². The van der Waals surface area contributed by atoms with Crippen LogP contribution in [0.25, 0.3) is 0 Å². The summed E-state index contributed by atoms with van der Waals surface area (Å²) in [7, 11) is -2.82. The van der Waals surface area contributed by atoms with E-state index in [0.717, 1.165) is 5.56 Å². The van der Waals surface area contributed by atoms with E-state index in [9.17, 15) is 14.4 Å². The van der Waals surface area contributed by atoms with Crippen molar-refractivity contribution in [2.75, 3.05) is 6.61 Å². The number of aliphatic hydroxyl groups excluding tert-OH is 2. The SMILES string of the molecule is Cc1ccc(S(=O)(/C=C/[C@@H](C)[C@@H](O)C(C)C)=N[C@H](CO)C(C)C)cc1. The van der Waals surface area contributed by atoms with Crippen LogP contribution >= 0.6 is 0 Å². The lowest BCUT2D eigenvalue weighted by molar-refractivity contribution is 0.0912. The van der Waals surface area contributed by atoms with Crippen molar-refractivity contribution in [3.63, 3.8) is 0 Å². The highest BCUT2D eigenvalue weighted by molar-refractivity contribution is 7.96. The second kappa shape index (κ2) is 9.51. The molecule has 0 aromatic heterocycles. The zero-order chi connectivity index (χ0) is 19.2. The molecule has 25 heavy (non-hydrogen) atoms. The third-order valence-corrected chi connectivity index (χ3v) is 6.45. The molecule has 0 radical (unpaired) electrons. The number of rotatable bonds is 8. The maximum absolute atomic E-state index is 13.6. The molecule has 5 heteroatoms. The second-order valence-corrected chi connectivity index (χ2v) is 9.49. The zero-order valence-electron chi connectivity index (χ0n) is 16.2. The van der Waals surface area contributed by atoms with Crippen molar-refractivity contribution in [1.29, 1.82) is 0 Å². The molecule has 0 aliphatic heterocycles. The lowest BCUT2D eigenvalue weighted by Crippen LogP contribution is -2.22. The second-order valence-electron chi connectivity index (χ2n) is 7.40. The summed E-state index contributed by atoms with van der Waals surface area (Å²) < 4.78 is 18.1. The van der Waals surface area contributed by atoms with E-state index in [0.29, 0.717) is 4.90 Å². The molecule has 2 N–H and O–H groups in total. The number of benzene rings is 1. The average molecular weight is 368 g/mol. The molecular weight excluding hydrogens is 334 g/mol. The van der Waals surface area contributed by atoms with Crippen LogP contribution < -0.4 is 0 Å². The van der Waals surface area contributed by atoms with Crippen molar-refractivity contribution in [1.82, 2.24) is 0 Å². The molecule has 0 saturated carbocycles. The van der Waals surface area contributed by atoms with Gasteiger partial charge < -0.3 is 10.2 Å². The minimum absolute atomic E-state index is 0.0864. The van der Waals surface area contributed by atoms with Gasteiger partial charge in [-0.05, 0) is 30.9 Å². The van der Waals surface area contributed by atoms with Crippen LogP contribution in [0.1, 0.15) is 40.2 Å². The van der Waals surface area contributed by atoms with Gasteiger partial charge in [-0.2, -0.15) is 0 Å².